The predicted molar refractivity (Wildman–Crippen MR) is 70.1 cm³/mol. The van der Waals surface area contributed by atoms with Crippen LogP contribution in [0, 0.1) is 5.92 Å². The molecule has 19 heavy (non-hydrogen) atoms. The molecule has 2 heterocycles. The van der Waals surface area contributed by atoms with Gasteiger partial charge in [-0.05, 0) is 13.0 Å². The lowest BCUT2D eigenvalue weighted by molar-refractivity contribution is 0.0919. The molecule has 1 aromatic rings. The summed E-state index contributed by atoms with van der Waals surface area (Å²) in [5.41, 5.74) is 0.973. The summed E-state index contributed by atoms with van der Waals surface area (Å²) in [6, 6.07) is 1.58. The van der Waals surface area contributed by atoms with Crippen LogP contribution in [-0.2, 0) is 7.05 Å². The first-order valence-corrected chi connectivity index (χ1v) is 6.33. The molecule has 0 saturated carbocycles. The number of ketones is 1. The highest BCUT2D eigenvalue weighted by molar-refractivity contribution is 5.99. The van der Waals surface area contributed by atoms with Gasteiger partial charge in [-0.3, -0.25) is 9.59 Å². The zero-order valence-electron chi connectivity index (χ0n) is 11.1. The molecule has 1 fully saturated rings. The Hall–Kier alpha value is -1.66. The highest BCUT2D eigenvalue weighted by atomic mass is 16.3. The molecule has 2 atom stereocenters. The third-order valence-corrected chi connectivity index (χ3v) is 3.47. The molecule has 0 radical (unpaired) electrons. The average Bonchev–Trinajstić information content (AvgIpc) is 2.93. The lowest BCUT2D eigenvalue weighted by Gasteiger charge is -2.14. The van der Waals surface area contributed by atoms with Crippen LogP contribution in [0.15, 0.2) is 12.3 Å². The molecule has 6 nitrogen and oxygen atoms in total. The number of aliphatic hydroxyl groups excluding tert-OH is 1. The number of Topliss-reactive ketones (excluding diaryl/α,β-unsaturated/α-hetero) is 1. The van der Waals surface area contributed by atoms with Gasteiger partial charge in [-0.15, -0.1) is 0 Å². The quantitative estimate of drug-likeness (QED) is 0.643. The summed E-state index contributed by atoms with van der Waals surface area (Å²) in [6.45, 7) is 3.16. The van der Waals surface area contributed by atoms with Crippen LogP contribution < -0.4 is 10.6 Å². The molecule has 0 aliphatic carbocycles. The van der Waals surface area contributed by atoms with Crippen molar-refractivity contribution < 1.29 is 14.7 Å². The molecule has 2 rings (SSSR count). The van der Waals surface area contributed by atoms with Crippen molar-refractivity contribution >= 4 is 11.7 Å². The van der Waals surface area contributed by atoms with E-state index in [2.05, 4.69) is 10.6 Å². The number of hydrogen-bond donors (Lipinski definition) is 3. The van der Waals surface area contributed by atoms with Gasteiger partial charge in [0.05, 0.1) is 6.10 Å². The van der Waals surface area contributed by atoms with E-state index in [1.54, 1.807) is 23.9 Å². The number of aromatic nitrogens is 1. The monoisotopic (exact) mass is 265 g/mol. The number of hydrogen-bond acceptors (Lipinski definition) is 4. The van der Waals surface area contributed by atoms with E-state index >= 15 is 0 Å². The zero-order chi connectivity index (χ0) is 14.0. The third-order valence-electron chi connectivity index (χ3n) is 3.47. The van der Waals surface area contributed by atoms with Crippen LogP contribution in [0.5, 0.6) is 0 Å². The van der Waals surface area contributed by atoms with Crippen LogP contribution in [-0.4, -0.2) is 47.1 Å². The van der Waals surface area contributed by atoms with Crippen molar-refractivity contribution in [3.8, 4) is 0 Å². The SMILES string of the molecule is CC(=O)c1cc(C(=O)NCC2CNCC2O)n(C)c1. The van der Waals surface area contributed by atoms with Gasteiger partial charge < -0.3 is 20.3 Å². The van der Waals surface area contributed by atoms with Gasteiger partial charge in [0, 0.05) is 44.4 Å². The number of β-amino-alcohol motifs (C(OH)–C–C–N with tert-alkyl or cyclic N) is 1. The van der Waals surface area contributed by atoms with Gasteiger partial charge in [0.2, 0.25) is 0 Å². The first-order valence-electron chi connectivity index (χ1n) is 6.33. The number of aryl methyl sites for hydroxylation is 1. The minimum absolute atomic E-state index is 0.0384. The van der Waals surface area contributed by atoms with E-state index in [0.29, 0.717) is 30.9 Å². The van der Waals surface area contributed by atoms with Crippen molar-refractivity contribution in [2.75, 3.05) is 19.6 Å². The summed E-state index contributed by atoms with van der Waals surface area (Å²) in [5.74, 6) is -0.254. The fraction of sp³-hybridized carbons (Fsp3) is 0.538. The van der Waals surface area contributed by atoms with Crippen molar-refractivity contribution in [2.45, 2.75) is 13.0 Å². The number of amides is 1. The first kappa shape index (κ1) is 13.8. The van der Waals surface area contributed by atoms with Gasteiger partial charge in [-0.2, -0.15) is 0 Å². The second-order valence-electron chi connectivity index (χ2n) is 4.98. The van der Waals surface area contributed by atoms with Crippen molar-refractivity contribution in [1.29, 1.82) is 0 Å². The van der Waals surface area contributed by atoms with Gasteiger partial charge in [-0.1, -0.05) is 0 Å². The van der Waals surface area contributed by atoms with E-state index < -0.39 is 6.10 Å². The Morgan fingerprint density at radius 1 is 1.53 bits per heavy atom. The molecule has 2 unspecified atom stereocenters. The molecule has 104 valence electrons. The van der Waals surface area contributed by atoms with Crippen LogP contribution in [0.1, 0.15) is 27.8 Å². The van der Waals surface area contributed by atoms with Gasteiger partial charge in [0.25, 0.3) is 5.91 Å². The highest BCUT2D eigenvalue weighted by Gasteiger charge is 2.25. The summed E-state index contributed by atoms with van der Waals surface area (Å²) in [6.07, 6.45) is 1.23. The fourth-order valence-electron chi connectivity index (χ4n) is 2.22. The second-order valence-corrected chi connectivity index (χ2v) is 4.98. The third kappa shape index (κ3) is 3.02. The largest absolute Gasteiger partial charge is 0.391 e. The zero-order valence-corrected chi connectivity index (χ0v) is 11.1. The number of carbonyl (C=O) groups excluding carboxylic acids is 2. The maximum absolute atomic E-state index is 12.0. The molecule has 1 aromatic heterocycles. The number of rotatable bonds is 4. The smallest absolute Gasteiger partial charge is 0.267 e. The molecule has 0 spiro atoms. The molecule has 1 amide bonds. The lowest BCUT2D eigenvalue weighted by Crippen LogP contribution is -2.35. The van der Waals surface area contributed by atoms with E-state index in [1.165, 1.54) is 6.92 Å². The number of nitrogens with zero attached hydrogens (tertiary/aromatic N) is 1. The number of carbonyl (C=O) groups is 2. The second kappa shape index (κ2) is 5.54. The van der Waals surface area contributed by atoms with Gasteiger partial charge in [-0.25, -0.2) is 0 Å². The Labute approximate surface area is 111 Å². The van der Waals surface area contributed by atoms with E-state index in [4.69, 9.17) is 0 Å². The molecule has 1 aliphatic rings. The number of nitrogens with one attached hydrogen (secondary N) is 2. The molecular weight excluding hydrogens is 246 g/mol. The van der Waals surface area contributed by atoms with Crippen molar-refractivity contribution in [2.24, 2.45) is 13.0 Å². The maximum Gasteiger partial charge on any atom is 0.267 e. The molecule has 1 aliphatic heterocycles. The van der Waals surface area contributed by atoms with Crippen LogP contribution in [0.4, 0.5) is 0 Å². The van der Waals surface area contributed by atoms with Crippen LogP contribution in [0.3, 0.4) is 0 Å². The van der Waals surface area contributed by atoms with Crippen LogP contribution in [0.2, 0.25) is 0 Å². The van der Waals surface area contributed by atoms with Crippen molar-refractivity contribution in [1.82, 2.24) is 15.2 Å². The summed E-state index contributed by atoms with van der Waals surface area (Å²) in [7, 11) is 1.73. The molecule has 6 heteroatoms. The predicted octanol–water partition coefficient (Wildman–Crippen LogP) is -0.462. The average molecular weight is 265 g/mol. The summed E-state index contributed by atoms with van der Waals surface area (Å²) in [4.78, 5) is 23.3. The Kier molecular flexibility index (Phi) is 4.01. The van der Waals surface area contributed by atoms with E-state index in [1.807, 2.05) is 0 Å². The Balaban J connectivity index is 1.98. The summed E-state index contributed by atoms with van der Waals surface area (Å²) in [5, 5.41) is 15.5. The van der Waals surface area contributed by atoms with Crippen LogP contribution in [0.25, 0.3) is 0 Å². The van der Waals surface area contributed by atoms with Crippen molar-refractivity contribution in [3.63, 3.8) is 0 Å². The number of aliphatic hydroxyl groups is 1. The minimum atomic E-state index is -0.415. The lowest BCUT2D eigenvalue weighted by atomic mass is 10.1. The summed E-state index contributed by atoms with van der Waals surface area (Å²) < 4.78 is 1.63. The van der Waals surface area contributed by atoms with Gasteiger partial charge in [0.15, 0.2) is 5.78 Å². The Morgan fingerprint density at radius 3 is 2.79 bits per heavy atom. The Bertz CT molecular complexity index is 495. The molecule has 0 aromatic carbocycles. The summed E-state index contributed by atoms with van der Waals surface area (Å²) >= 11 is 0. The minimum Gasteiger partial charge on any atom is -0.391 e. The van der Waals surface area contributed by atoms with E-state index in [-0.39, 0.29) is 17.6 Å². The Morgan fingerprint density at radius 2 is 2.26 bits per heavy atom. The topological polar surface area (TPSA) is 83.4 Å². The van der Waals surface area contributed by atoms with E-state index in [9.17, 15) is 14.7 Å². The molecule has 3 N–H and O–H groups in total. The van der Waals surface area contributed by atoms with Crippen LogP contribution >= 0.6 is 0 Å². The fourth-order valence-corrected chi connectivity index (χ4v) is 2.22. The highest BCUT2D eigenvalue weighted by Crippen LogP contribution is 2.10. The maximum atomic E-state index is 12.0. The van der Waals surface area contributed by atoms with E-state index in [0.717, 1.165) is 0 Å². The molecule has 0 bridgehead atoms. The standard InChI is InChI=1S/C13H19N3O3/c1-8(17)9-3-11(16(2)7-9)13(19)15-5-10-4-14-6-12(10)18/h3,7,10,12,14,18H,4-6H2,1-2H3,(H,15,19). The van der Waals surface area contributed by atoms with Gasteiger partial charge in [0.1, 0.15) is 5.69 Å². The van der Waals surface area contributed by atoms with Crippen molar-refractivity contribution in [3.05, 3.63) is 23.5 Å². The normalized spacial score (nSPS) is 22.5. The molecule has 1 saturated heterocycles. The first-order chi connectivity index (χ1) is 8.99. The molecular formula is C13H19N3O3. The van der Waals surface area contributed by atoms with Gasteiger partial charge >= 0.3 is 0 Å².